The highest BCUT2D eigenvalue weighted by molar-refractivity contribution is 5.67. The molecule has 0 bridgehead atoms. The van der Waals surface area contributed by atoms with Crippen LogP contribution in [0.3, 0.4) is 0 Å². The molecule has 0 saturated carbocycles. The molecule has 0 spiro atoms. The van der Waals surface area contributed by atoms with Crippen LogP contribution in [0, 0.1) is 17.5 Å². The summed E-state index contributed by atoms with van der Waals surface area (Å²) >= 11 is 0. The number of hydrogen-bond acceptors (Lipinski definition) is 2. The molecule has 0 aliphatic heterocycles. The molecule has 3 nitrogen and oxygen atoms in total. The molecule has 0 fully saturated rings. The topological polar surface area (TPSA) is 38.3 Å². The molecule has 0 radical (unpaired) electrons. The van der Waals surface area contributed by atoms with Crippen LogP contribution in [-0.2, 0) is 11.3 Å². The normalized spacial score (nSPS) is 10.7. The third-order valence-corrected chi connectivity index (χ3v) is 2.89. The highest BCUT2D eigenvalue weighted by atomic mass is 19.2. The number of ether oxygens (including phenoxy) is 1. The van der Waals surface area contributed by atoms with Gasteiger partial charge in [0.25, 0.3) is 0 Å². The second kappa shape index (κ2) is 8.03. The number of alkyl carbamates (subject to hydrolysis) is 1. The summed E-state index contributed by atoms with van der Waals surface area (Å²) in [7, 11) is 0. The van der Waals surface area contributed by atoms with Crippen LogP contribution in [-0.4, -0.2) is 12.6 Å². The number of carbonyl (C=O) groups is 1. The van der Waals surface area contributed by atoms with Crippen molar-refractivity contribution in [1.82, 2.24) is 5.32 Å². The summed E-state index contributed by atoms with van der Waals surface area (Å²) in [6.07, 6.45) is 2.22. The van der Waals surface area contributed by atoms with E-state index in [2.05, 4.69) is 5.32 Å². The first-order valence-electron chi connectivity index (χ1n) is 6.82. The first-order chi connectivity index (χ1) is 11.1. The van der Waals surface area contributed by atoms with Crippen molar-refractivity contribution in [3.63, 3.8) is 0 Å². The van der Waals surface area contributed by atoms with E-state index < -0.39 is 23.5 Å². The molecule has 6 heteroatoms. The maximum absolute atomic E-state index is 13.0. The number of nitrogens with one attached hydrogen (secondary N) is 1. The van der Waals surface area contributed by atoms with Gasteiger partial charge in [0, 0.05) is 6.54 Å². The monoisotopic (exact) mass is 321 g/mol. The van der Waals surface area contributed by atoms with Crippen molar-refractivity contribution in [2.24, 2.45) is 0 Å². The zero-order valence-electron chi connectivity index (χ0n) is 12.1. The summed E-state index contributed by atoms with van der Waals surface area (Å²) < 4.78 is 43.8. The minimum Gasteiger partial charge on any atom is -0.445 e. The van der Waals surface area contributed by atoms with Crippen molar-refractivity contribution in [2.75, 3.05) is 6.54 Å². The van der Waals surface area contributed by atoms with Crippen LogP contribution in [0.4, 0.5) is 18.0 Å². The van der Waals surface area contributed by atoms with E-state index >= 15 is 0 Å². The Bertz CT molecular complexity index is 679. The van der Waals surface area contributed by atoms with Crippen molar-refractivity contribution in [3.8, 4) is 0 Å². The zero-order valence-corrected chi connectivity index (χ0v) is 12.1. The van der Waals surface area contributed by atoms with Gasteiger partial charge in [0.15, 0.2) is 17.5 Å². The maximum Gasteiger partial charge on any atom is 0.407 e. The third-order valence-electron chi connectivity index (χ3n) is 2.89. The van der Waals surface area contributed by atoms with Crippen molar-refractivity contribution in [3.05, 3.63) is 77.1 Å². The van der Waals surface area contributed by atoms with Crippen molar-refractivity contribution in [2.45, 2.75) is 6.61 Å². The lowest BCUT2D eigenvalue weighted by Crippen LogP contribution is -2.24. The Morgan fingerprint density at radius 1 is 1.09 bits per heavy atom. The Labute approximate surface area is 131 Å². The molecule has 2 rings (SSSR count). The molecule has 23 heavy (non-hydrogen) atoms. The summed E-state index contributed by atoms with van der Waals surface area (Å²) in [6.45, 7) is 0.249. The summed E-state index contributed by atoms with van der Waals surface area (Å²) in [5.74, 6) is -4.04. The van der Waals surface area contributed by atoms with Gasteiger partial charge in [0.1, 0.15) is 6.61 Å². The molecule has 1 amide bonds. The quantitative estimate of drug-likeness (QED) is 0.844. The van der Waals surface area contributed by atoms with Crippen LogP contribution in [0.5, 0.6) is 0 Å². The molecule has 0 aliphatic rings. The zero-order chi connectivity index (χ0) is 16.7. The standard InChI is InChI=1S/C17H14F3NO2/c18-14-9-13(10-15(19)16(14)20)7-4-8-21-17(22)23-11-12-5-2-1-3-6-12/h1-7,9-10H,8,11H2,(H,21,22). The summed E-state index contributed by atoms with van der Waals surface area (Å²) in [4.78, 5) is 11.4. The van der Waals surface area contributed by atoms with Gasteiger partial charge in [0.05, 0.1) is 0 Å². The first kappa shape index (κ1) is 16.6. The Kier molecular flexibility index (Phi) is 5.80. The van der Waals surface area contributed by atoms with E-state index in [1.807, 2.05) is 30.3 Å². The molecule has 0 unspecified atom stereocenters. The average Bonchev–Trinajstić information content (AvgIpc) is 2.55. The average molecular weight is 321 g/mol. The Balaban J connectivity index is 1.77. The van der Waals surface area contributed by atoms with Gasteiger partial charge < -0.3 is 10.1 Å². The predicted octanol–water partition coefficient (Wildman–Crippen LogP) is 4.04. The molecule has 0 aromatic heterocycles. The van der Waals surface area contributed by atoms with Gasteiger partial charge in [-0.2, -0.15) is 0 Å². The molecule has 2 aromatic rings. The number of carbonyl (C=O) groups excluding carboxylic acids is 1. The fourth-order valence-electron chi connectivity index (χ4n) is 1.78. The Hall–Kier alpha value is -2.76. The highest BCUT2D eigenvalue weighted by Crippen LogP contribution is 2.14. The largest absolute Gasteiger partial charge is 0.445 e. The number of halogens is 3. The number of amides is 1. The van der Waals surface area contributed by atoms with E-state index in [1.54, 1.807) is 0 Å². The lowest BCUT2D eigenvalue weighted by molar-refractivity contribution is 0.141. The van der Waals surface area contributed by atoms with Crippen LogP contribution in [0.1, 0.15) is 11.1 Å². The second-order valence-corrected chi connectivity index (χ2v) is 4.64. The third kappa shape index (κ3) is 5.18. The summed E-state index contributed by atoms with van der Waals surface area (Å²) in [6, 6.07) is 10.9. The Morgan fingerprint density at radius 3 is 2.39 bits per heavy atom. The van der Waals surface area contributed by atoms with Gasteiger partial charge in [-0.05, 0) is 23.3 Å². The molecule has 120 valence electrons. The first-order valence-corrected chi connectivity index (χ1v) is 6.82. The van der Waals surface area contributed by atoms with E-state index in [0.29, 0.717) is 0 Å². The fraction of sp³-hybridized carbons (Fsp3) is 0.118. The van der Waals surface area contributed by atoms with Gasteiger partial charge in [-0.1, -0.05) is 42.5 Å². The SMILES string of the molecule is O=C(NCC=Cc1cc(F)c(F)c(F)c1)OCc1ccccc1. The molecule has 0 atom stereocenters. The molecule has 0 heterocycles. The van der Waals surface area contributed by atoms with E-state index in [9.17, 15) is 18.0 Å². The number of hydrogen-bond donors (Lipinski definition) is 1. The highest BCUT2D eigenvalue weighted by Gasteiger charge is 2.08. The van der Waals surface area contributed by atoms with Crippen molar-refractivity contribution >= 4 is 12.2 Å². The van der Waals surface area contributed by atoms with Crippen molar-refractivity contribution < 1.29 is 22.7 Å². The molecule has 2 aromatic carbocycles. The van der Waals surface area contributed by atoms with E-state index in [1.165, 1.54) is 12.2 Å². The molecule has 0 saturated heterocycles. The maximum atomic E-state index is 13.0. The smallest absolute Gasteiger partial charge is 0.407 e. The van der Waals surface area contributed by atoms with Crippen molar-refractivity contribution in [1.29, 1.82) is 0 Å². The number of benzene rings is 2. The molecular formula is C17H14F3NO2. The minimum absolute atomic E-state index is 0.105. The second-order valence-electron chi connectivity index (χ2n) is 4.64. The van der Waals surface area contributed by atoms with Gasteiger partial charge >= 0.3 is 6.09 Å². The minimum atomic E-state index is -1.51. The molecular weight excluding hydrogens is 307 g/mol. The van der Waals surface area contributed by atoms with Crippen LogP contribution in [0.15, 0.2) is 48.5 Å². The lowest BCUT2D eigenvalue weighted by atomic mass is 10.2. The van der Waals surface area contributed by atoms with E-state index in [0.717, 1.165) is 17.7 Å². The Morgan fingerprint density at radius 2 is 1.74 bits per heavy atom. The van der Waals surface area contributed by atoms with Gasteiger partial charge in [-0.3, -0.25) is 0 Å². The van der Waals surface area contributed by atoms with Crippen LogP contribution < -0.4 is 5.32 Å². The fourth-order valence-corrected chi connectivity index (χ4v) is 1.78. The van der Waals surface area contributed by atoms with E-state index in [-0.39, 0.29) is 18.7 Å². The van der Waals surface area contributed by atoms with Gasteiger partial charge in [-0.15, -0.1) is 0 Å². The van der Waals surface area contributed by atoms with Crippen LogP contribution >= 0.6 is 0 Å². The van der Waals surface area contributed by atoms with Gasteiger partial charge in [0.2, 0.25) is 0 Å². The lowest BCUT2D eigenvalue weighted by Gasteiger charge is -2.05. The van der Waals surface area contributed by atoms with Crippen LogP contribution in [0.2, 0.25) is 0 Å². The molecule has 0 aliphatic carbocycles. The van der Waals surface area contributed by atoms with Crippen LogP contribution in [0.25, 0.3) is 6.08 Å². The van der Waals surface area contributed by atoms with E-state index in [4.69, 9.17) is 4.74 Å². The number of rotatable bonds is 5. The van der Waals surface area contributed by atoms with Gasteiger partial charge in [-0.25, -0.2) is 18.0 Å². The molecule has 1 N–H and O–H groups in total. The summed E-state index contributed by atoms with van der Waals surface area (Å²) in [5.41, 5.74) is 1.01. The summed E-state index contributed by atoms with van der Waals surface area (Å²) in [5, 5.41) is 2.45. The predicted molar refractivity (Wildman–Crippen MR) is 80.0 cm³/mol.